The molecule has 0 saturated carbocycles. The number of hydrogen-bond acceptors (Lipinski definition) is 5. The minimum atomic E-state index is -0.788. The topological polar surface area (TPSA) is 95.9 Å². The maximum atomic E-state index is 13.1. The number of ether oxygens (including phenoxy) is 1. The number of aliphatic hydroxyl groups is 2. The molecule has 1 amide bonds. The fourth-order valence-electron chi connectivity index (χ4n) is 7.97. The second-order valence-electron chi connectivity index (χ2n) is 17.9. The summed E-state index contributed by atoms with van der Waals surface area (Å²) in [5, 5.41) is 23.7. The molecule has 3 N–H and O–H groups in total. The van der Waals surface area contributed by atoms with Crippen LogP contribution in [0.1, 0.15) is 271 Å². The molecule has 0 aliphatic rings. The summed E-state index contributed by atoms with van der Waals surface area (Å²) < 4.78 is 5.89. The van der Waals surface area contributed by atoms with Crippen LogP contribution in [0.15, 0.2) is 36.5 Å². The van der Waals surface area contributed by atoms with Crippen LogP contribution in [0.5, 0.6) is 0 Å². The second-order valence-corrected chi connectivity index (χ2v) is 17.9. The lowest BCUT2D eigenvalue weighted by molar-refractivity contribution is -0.151. The maximum Gasteiger partial charge on any atom is 0.306 e. The van der Waals surface area contributed by atoms with E-state index in [0.29, 0.717) is 19.3 Å². The molecule has 352 valence electrons. The number of carbonyl (C=O) groups excluding carboxylic acids is 2. The van der Waals surface area contributed by atoms with Crippen LogP contribution < -0.4 is 5.32 Å². The van der Waals surface area contributed by atoms with Gasteiger partial charge in [0.1, 0.15) is 6.10 Å². The van der Waals surface area contributed by atoms with Crippen LogP contribution in [0.2, 0.25) is 0 Å². The Labute approximate surface area is 373 Å². The molecule has 60 heavy (non-hydrogen) atoms. The summed E-state index contributed by atoms with van der Waals surface area (Å²) in [4.78, 5) is 26.0. The maximum absolute atomic E-state index is 13.1. The average Bonchev–Trinajstić information content (AvgIpc) is 3.24. The monoisotopic (exact) mass is 844 g/mol. The molecule has 3 atom stereocenters. The third kappa shape index (κ3) is 42.8. The predicted molar refractivity (Wildman–Crippen MR) is 259 cm³/mol. The Morgan fingerprint density at radius 2 is 0.850 bits per heavy atom. The Hall–Kier alpha value is -1.92. The summed E-state index contributed by atoms with van der Waals surface area (Å²) in [6, 6.07) is -0.702. The lowest BCUT2D eigenvalue weighted by Gasteiger charge is -2.24. The van der Waals surface area contributed by atoms with E-state index in [1.54, 1.807) is 0 Å². The highest BCUT2D eigenvalue weighted by molar-refractivity contribution is 5.77. The first kappa shape index (κ1) is 58.1. The Kier molecular flexibility index (Phi) is 46.6. The number of esters is 1. The van der Waals surface area contributed by atoms with Gasteiger partial charge in [0.15, 0.2) is 0 Å². The molecule has 0 aliphatic carbocycles. The molecule has 6 heteroatoms. The average molecular weight is 844 g/mol. The quantitative estimate of drug-likeness (QED) is 0.0322. The number of hydrogen-bond donors (Lipinski definition) is 3. The van der Waals surface area contributed by atoms with Crippen molar-refractivity contribution in [2.75, 3.05) is 6.61 Å². The van der Waals surface area contributed by atoms with Crippen molar-refractivity contribution >= 4 is 11.9 Å². The highest BCUT2D eigenvalue weighted by Gasteiger charge is 2.24. The Morgan fingerprint density at radius 3 is 1.32 bits per heavy atom. The molecule has 3 unspecified atom stereocenters. The van der Waals surface area contributed by atoms with Crippen LogP contribution in [-0.2, 0) is 14.3 Å². The smallest absolute Gasteiger partial charge is 0.306 e. The number of unbranched alkanes of at least 4 members (excludes halogenated alkanes) is 29. The van der Waals surface area contributed by atoms with Gasteiger partial charge in [0.25, 0.3) is 0 Å². The van der Waals surface area contributed by atoms with E-state index in [1.165, 1.54) is 148 Å². The molecule has 0 aliphatic heterocycles. The fraction of sp³-hybridized carbons (Fsp3) is 0.852. The summed E-state index contributed by atoms with van der Waals surface area (Å²) in [5.41, 5.74) is 0. The summed E-state index contributed by atoms with van der Waals surface area (Å²) in [7, 11) is 0. The predicted octanol–water partition coefficient (Wildman–Crippen LogP) is 15.7. The molecular weight excluding hydrogens is 743 g/mol. The number of allylic oxidation sites excluding steroid dienone is 6. The zero-order valence-corrected chi connectivity index (χ0v) is 40.1. The summed E-state index contributed by atoms with van der Waals surface area (Å²) in [6.45, 7) is 6.43. The van der Waals surface area contributed by atoms with Gasteiger partial charge in [-0.15, -0.1) is 0 Å². The van der Waals surface area contributed by atoms with Crippen molar-refractivity contribution in [1.82, 2.24) is 5.32 Å². The number of nitrogens with one attached hydrogen (secondary N) is 1. The summed E-state index contributed by atoms with van der Waals surface area (Å²) in [6.07, 6.45) is 56.5. The van der Waals surface area contributed by atoms with Gasteiger partial charge in [-0.1, -0.05) is 231 Å². The molecular formula is C54H101NO5. The van der Waals surface area contributed by atoms with Crippen molar-refractivity contribution < 1.29 is 24.5 Å². The van der Waals surface area contributed by atoms with Gasteiger partial charge < -0.3 is 20.3 Å². The van der Waals surface area contributed by atoms with E-state index in [0.717, 1.165) is 77.0 Å². The lowest BCUT2D eigenvalue weighted by atomic mass is 10.0. The molecule has 0 saturated heterocycles. The minimum Gasteiger partial charge on any atom is -0.462 e. The zero-order valence-electron chi connectivity index (χ0n) is 40.1. The van der Waals surface area contributed by atoms with Crippen molar-refractivity contribution in [2.45, 2.75) is 289 Å². The SMILES string of the molecule is CCCCC/C=C\C/C=C\C/C=C\CCCCCCC(=O)OC(CCCCCCCCC)CC(=O)NC(CO)C(O)CCCCCCCCCCCCCCCCCCC. The molecule has 0 aromatic carbocycles. The molecule has 6 nitrogen and oxygen atoms in total. The Bertz CT molecular complexity index is 993. The van der Waals surface area contributed by atoms with Crippen molar-refractivity contribution in [2.24, 2.45) is 0 Å². The standard InChI is InChI=1S/C54H101NO5/c1-4-7-10-13-16-18-20-22-24-26-28-30-32-34-37-40-43-46-52(57)51(49-56)55-53(58)48-50(45-42-39-36-15-12-9-6-3)60-54(59)47-44-41-38-35-33-31-29-27-25-23-21-19-17-14-11-8-5-2/h17,19,23,25,29,31,50-52,56-57H,4-16,18,20-22,24,26-28,30,32-49H2,1-3H3,(H,55,58)/b19-17-,25-23-,31-29-. The van der Waals surface area contributed by atoms with E-state index in [2.05, 4.69) is 62.5 Å². The van der Waals surface area contributed by atoms with Crippen molar-refractivity contribution in [3.8, 4) is 0 Å². The molecule has 0 aromatic rings. The van der Waals surface area contributed by atoms with Crippen molar-refractivity contribution in [1.29, 1.82) is 0 Å². The summed E-state index contributed by atoms with van der Waals surface area (Å²) in [5.74, 6) is -0.495. The van der Waals surface area contributed by atoms with Crippen molar-refractivity contribution in [3.05, 3.63) is 36.5 Å². The van der Waals surface area contributed by atoms with Gasteiger partial charge in [-0.05, 0) is 64.2 Å². The minimum absolute atomic E-state index is 0.0706. The van der Waals surface area contributed by atoms with Gasteiger partial charge in [0, 0.05) is 6.42 Å². The fourth-order valence-corrected chi connectivity index (χ4v) is 7.97. The molecule has 0 radical (unpaired) electrons. The highest BCUT2D eigenvalue weighted by atomic mass is 16.5. The van der Waals surface area contributed by atoms with Gasteiger partial charge in [-0.25, -0.2) is 0 Å². The first-order chi connectivity index (χ1) is 29.5. The normalized spacial score (nSPS) is 13.5. The number of amides is 1. The molecule has 0 spiro atoms. The van der Waals surface area contributed by atoms with E-state index in [4.69, 9.17) is 4.74 Å². The van der Waals surface area contributed by atoms with Crippen LogP contribution in [0, 0.1) is 0 Å². The largest absolute Gasteiger partial charge is 0.462 e. The van der Waals surface area contributed by atoms with E-state index in [-0.39, 0.29) is 24.9 Å². The molecule has 0 bridgehead atoms. The third-order valence-electron chi connectivity index (χ3n) is 12.0. The van der Waals surface area contributed by atoms with Gasteiger partial charge in [0.2, 0.25) is 5.91 Å². The Balaban J connectivity index is 4.35. The van der Waals surface area contributed by atoms with E-state index < -0.39 is 18.2 Å². The van der Waals surface area contributed by atoms with E-state index in [9.17, 15) is 19.8 Å². The Morgan fingerprint density at radius 1 is 0.483 bits per heavy atom. The first-order valence-corrected chi connectivity index (χ1v) is 26.2. The van der Waals surface area contributed by atoms with Crippen LogP contribution in [0.25, 0.3) is 0 Å². The number of carbonyl (C=O) groups is 2. The first-order valence-electron chi connectivity index (χ1n) is 26.2. The lowest BCUT2D eigenvalue weighted by Crippen LogP contribution is -2.46. The third-order valence-corrected chi connectivity index (χ3v) is 12.0. The van der Waals surface area contributed by atoms with Gasteiger partial charge >= 0.3 is 5.97 Å². The van der Waals surface area contributed by atoms with Crippen LogP contribution in [-0.4, -0.2) is 46.9 Å². The van der Waals surface area contributed by atoms with Gasteiger partial charge in [-0.2, -0.15) is 0 Å². The molecule has 0 heterocycles. The number of rotatable bonds is 47. The van der Waals surface area contributed by atoms with E-state index in [1.807, 2.05) is 0 Å². The highest BCUT2D eigenvalue weighted by Crippen LogP contribution is 2.18. The van der Waals surface area contributed by atoms with Gasteiger partial charge in [0.05, 0.1) is 25.2 Å². The van der Waals surface area contributed by atoms with Crippen molar-refractivity contribution in [3.63, 3.8) is 0 Å². The molecule has 0 rings (SSSR count). The van der Waals surface area contributed by atoms with Crippen LogP contribution in [0.3, 0.4) is 0 Å². The van der Waals surface area contributed by atoms with Crippen LogP contribution >= 0.6 is 0 Å². The van der Waals surface area contributed by atoms with E-state index >= 15 is 0 Å². The number of aliphatic hydroxyl groups excluding tert-OH is 2. The molecule has 0 aromatic heterocycles. The van der Waals surface area contributed by atoms with Crippen LogP contribution in [0.4, 0.5) is 0 Å². The van der Waals surface area contributed by atoms with Gasteiger partial charge in [-0.3, -0.25) is 9.59 Å². The second kappa shape index (κ2) is 48.1. The zero-order chi connectivity index (χ0) is 43.8. The molecule has 0 fully saturated rings. The summed E-state index contributed by atoms with van der Waals surface area (Å²) >= 11 is 0.